The maximum absolute atomic E-state index is 2.62. The van der Waals surface area contributed by atoms with Gasteiger partial charge in [-0.25, -0.2) is 0 Å². The monoisotopic (exact) mass is 354 g/mol. The standard InChI is InChI=1S/C27H30/c1-3-19(2)22-7-9-23(10-8-22)25-6-4-5-24-15-21(16-26(24)25)18-27-13-11-20(17-27)12-14-27/h4-10,15-16,18-20H,3,11-14,17H2,1-2H3. The summed E-state index contributed by atoms with van der Waals surface area (Å²) in [6.07, 6.45) is 15.8. The molecule has 138 valence electrons. The van der Waals surface area contributed by atoms with Gasteiger partial charge >= 0.3 is 0 Å². The van der Waals surface area contributed by atoms with Crippen molar-refractivity contribution in [2.75, 3.05) is 0 Å². The summed E-state index contributed by atoms with van der Waals surface area (Å²) in [5.41, 5.74) is 6.10. The van der Waals surface area contributed by atoms with Crippen LogP contribution in [0.3, 0.4) is 0 Å². The summed E-state index contributed by atoms with van der Waals surface area (Å²) in [6, 6.07) is 16.0. The summed E-state index contributed by atoms with van der Waals surface area (Å²) in [4.78, 5) is 0. The van der Waals surface area contributed by atoms with Crippen molar-refractivity contribution in [2.24, 2.45) is 11.3 Å². The highest BCUT2D eigenvalue weighted by molar-refractivity contribution is 5.78. The van der Waals surface area contributed by atoms with Crippen LogP contribution in [-0.2, 0) is 0 Å². The molecule has 0 heteroatoms. The van der Waals surface area contributed by atoms with Crippen molar-refractivity contribution < 1.29 is 0 Å². The van der Waals surface area contributed by atoms with E-state index in [1.165, 1.54) is 71.2 Å². The summed E-state index contributed by atoms with van der Waals surface area (Å²) < 4.78 is 0. The van der Waals surface area contributed by atoms with Gasteiger partial charge in [-0.3, -0.25) is 0 Å². The molecule has 2 aromatic rings. The first-order valence-corrected chi connectivity index (χ1v) is 10.8. The Kier molecular flexibility index (Phi) is 4.11. The van der Waals surface area contributed by atoms with Crippen LogP contribution in [0.15, 0.2) is 54.1 Å². The molecule has 0 aliphatic heterocycles. The van der Waals surface area contributed by atoms with Crippen LogP contribution in [0.1, 0.15) is 63.9 Å². The second-order valence-corrected chi connectivity index (χ2v) is 9.18. The first-order valence-electron chi connectivity index (χ1n) is 10.8. The fraction of sp³-hybridized carbons (Fsp3) is 0.407. The van der Waals surface area contributed by atoms with E-state index in [0.717, 1.165) is 5.92 Å². The highest BCUT2D eigenvalue weighted by atomic mass is 14.5. The van der Waals surface area contributed by atoms with Gasteiger partial charge in [0.15, 0.2) is 0 Å². The lowest BCUT2D eigenvalue weighted by molar-refractivity contribution is 0.383. The molecule has 1 unspecified atom stereocenters. The second kappa shape index (κ2) is 6.51. The number of benzene rings is 2. The van der Waals surface area contributed by atoms with Gasteiger partial charge < -0.3 is 0 Å². The molecule has 0 radical (unpaired) electrons. The molecule has 0 nitrogen and oxygen atoms in total. The van der Waals surface area contributed by atoms with Crippen LogP contribution in [0.2, 0.25) is 0 Å². The quantitative estimate of drug-likeness (QED) is 0.636. The van der Waals surface area contributed by atoms with Gasteiger partial charge in [-0.1, -0.05) is 62.4 Å². The zero-order valence-corrected chi connectivity index (χ0v) is 16.7. The lowest BCUT2D eigenvalue weighted by Gasteiger charge is -2.22. The van der Waals surface area contributed by atoms with E-state index < -0.39 is 0 Å². The molecular weight excluding hydrogens is 324 g/mol. The SMILES string of the molecule is CCC(C)c1ccc(-c2cccc3c2=CC(=CC24CCC(CC2)C4)C=3)cc1. The minimum absolute atomic E-state index is 0.507. The lowest BCUT2D eigenvalue weighted by atomic mass is 9.82. The summed E-state index contributed by atoms with van der Waals surface area (Å²) >= 11 is 0. The van der Waals surface area contributed by atoms with Crippen molar-refractivity contribution in [2.45, 2.75) is 58.3 Å². The molecule has 3 aliphatic carbocycles. The van der Waals surface area contributed by atoms with Gasteiger partial charge in [-0.15, -0.1) is 0 Å². The lowest BCUT2D eigenvalue weighted by Crippen LogP contribution is -2.22. The van der Waals surface area contributed by atoms with Crippen molar-refractivity contribution in [3.05, 3.63) is 70.1 Å². The maximum atomic E-state index is 2.62. The smallest absolute Gasteiger partial charge is 0.00994 e. The Hall–Kier alpha value is -2.08. The molecule has 0 heterocycles. The molecule has 27 heavy (non-hydrogen) atoms. The molecular formula is C27H30. The summed E-state index contributed by atoms with van der Waals surface area (Å²) in [5.74, 6) is 1.64. The molecule has 2 bridgehead atoms. The molecule has 0 N–H and O–H groups in total. The van der Waals surface area contributed by atoms with E-state index in [4.69, 9.17) is 0 Å². The van der Waals surface area contributed by atoms with Crippen molar-refractivity contribution in [3.8, 4) is 11.1 Å². The van der Waals surface area contributed by atoms with Gasteiger partial charge in [0.2, 0.25) is 0 Å². The van der Waals surface area contributed by atoms with E-state index in [9.17, 15) is 0 Å². The molecule has 1 atom stereocenters. The first-order chi connectivity index (χ1) is 13.2. The van der Waals surface area contributed by atoms with Crippen LogP contribution in [0.4, 0.5) is 0 Å². The summed E-state index contributed by atoms with van der Waals surface area (Å²) in [6.45, 7) is 4.57. The van der Waals surface area contributed by atoms with Gasteiger partial charge in [-0.2, -0.15) is 0 Å². The molecule has 0 spiro atoms. The predicted molar refractivity (Wildman–Crippen MR) is 116 cm³/mol. The molecule has 2 aromatic carbocycles. The Morgan fingerprint density at radius 1 is 1.04 bits per heavy atom. The van der Waals surface area contributed by atoms with E-state index in [1.807, 2.05) is 0 Å². The van der Waals surface area contributed by atoms with E-state index in [1.54, 1.807) is 0 Å². The third-order valence-electron chi connectivity index (χ3n) is 7.45. The molecule has 0 saturated heterocycles. The number of allylic oxidation sites excluding steroid dienone is 2. The van der Waals surface area contributed by atoms with Crippen molar-refractivity contribution >= 4 is 12.2 Å². The Balaban J connectivity index is 1.52. The Bertz CT molecular complexity index is 995. The normalized spacial score (nSPS) is 28.1. The summed E-state index contributed by atoms with van der Waals surface area (Å²) in [7, 11) is 0. The van der Waals surface area contributed by atoms with Crippen LogP contribution in [0.5, 0.6) is 0 Å². The Morgan fingerprint density at radius 3 is 2.48 bits per heavy atom. The Morgan fingerprint density at radius 2 is 1.81 bits per heavy atom. The highest BCUT2D eigenvalue weighted by Crippen LogP contribution is 2.55. The van der Waals surface area contributed by atoms with E-state index in [0.29, 0.717) is 11.3 Å². The number of rotatable bonds is 4. The van der Waals surface area contributed by atoms with Crippen molar-refractivity contribution in [3.63, 3.8) is 0 Å². The third-order valence-corrected chi connectivity index (χ3v) is 7.45. The van der Waals surface area contributed by atoms with E-state index >= 15 is 0 Å². The number of hydrogen-bond acceptors (Lipinski definition) is 0. The van der Waals surface area contributed by atoms with Crippen LogP contribution >= 0.6 is 0 Å². The minimum atomic E-state index is 0.507. The maximum Gasteiger partial charge on any atom is -0.00994 e. The van der Waals surface area contributed by atoms with Crippen LogP contribution in [0, 0.1) is 11.3 Å². The third kappa shape index (κ3) is 3.00. The van der Waals surface area contributed by atoms with Crippen molar-refractivity contribution in [1.29, 1.82) is 0 Å². The first kappa shape index (κ1) is 17.0. The molecule has 2 saturated carbocycles. The number of hydrogen-bond donors (Lipinski definition) is 0. The highest BCUT2D eigenvalue weighted by Gasteiger charge is 2.43. The number of fused-ring (bicyclic) bond motifs is 3. The fourth-order valence-electron chi connectivity index (χ4n) is 5.61. The zero-order valence-electron chi connectivity index (χ0n) is 16.7. The van der Waals surface area contributed by atoms with Crippen LogP contribution < -0.4 is 10.4 Å². The van der Waals surface area contributed by atoms with Crippen LogP contribution in [0.25, 0.3) is 23.3 Å². The largest absolute Gasteiger partial charge is 0.0710 e. The topological polar surface area (TPSA) is 0 Å². The van der Waals surface area contributed by atoms with Crippen LogP contribution in [-0.4, -0.2) is 0 Å². The van der Waals surface area contributed by atoms with Gasteiger partial charge in [0.25, 0.3) is 0 Å². The van der Waals surface area contributed by atoms with Crippen molar-refractivity contribution in [1.82, 2.24) is 0 Å². The fourth-order valence-corrected chi connectivity index (χ4v) is 5.61. The molecule has 0 amide bonds. The molecule has 3 aliphatic rings. The summed E-state index contributed by atoms with van der Waals surface area (Å²) in [5, 5.41) is 2.79. The minimum Gasteiger partial charge on any atom is -0.0710 e. The van der Waals surface area contributed by atoms with E-state index in [-0.39, 0.29) is 0 Å². The average molecular weight is 355 g/mol. The van der Waals surface area contributed by atoms with Gasteiger partial charge in [0.1, 0.15) is 0 Å². The zero-order chi connectivity index (χ0) is 18.4. The van der Waals surface area contributed by atoms with E-state index in [2.05, 4.69) is 74.5 Å². The Labute approximate surface area is 163 Å². The van der Waals surface area contributed by atoms with Gasteiger partial charge in [0, 0.05) is 0 Å². The molecule has 2 fully saturated rings. The predicted octanol–water partition coefficient (Wildman–Crippen LogP) is 5.95. The van der Waals surface area contributed by atoms with Gasteiger partial charge in [0.05, 0.1) is 0 Å². The average Bonchev–Trinajstić information content (AvgIpc) is 3.41. The molecule has 0 aromatic heterocycles. The second-order valence-electron chi connectivity index (χ2n) is 9.18. The van der Waals surface area contributed by atoms with Gasteiger partial charge in [-0.05, 0) is 101 Å². The molecule has 5 rings (SSSR count).